The van der Waals surface area contributed by atoms with Gasteiger partial charge >= 0.3 is 0 Å². The molecular weight excluding hydrogens is 383 g/mol. The third kappa shape index (κ3) is 3.47. The van der Waals surface area contributed by atoms with Crippen molar-refractivity contribution in [2.75, 3.05) is 25.0 Å². The number of hydrogen-bond acceptors (Lipinski definition) is 8. The van der Waals surface area contributed by atoms with Gasteiger partial charge in [-0.1, -0.05) is 0 Å². The lowest BCUT2D eigenvalue weighted by molar-refractivity contribution is -0.0943. The Hall–Kier alpha value is -1.23. The van der Waals surface area contributed by atoms with Crippen molar-refractivity contribution in [3.8, 4) is 0 Å². The molecule has 5 N–H and O–H groups in total. The summed E-state index contributed by atoms with van der Waals surface area (Å²) in [6.45, 7) is 1.40. The Bertz CT molecular complexity index is 741. The van der Waals surface area contributed by atoms with Crippen molar-refractivity contribution >= 4 is 41.8 Å². The van der Waals surface area contributed by atoms with Gasteiger partial charge in [-0.25, -0.2) is 15.0 Å². The molecule has 2 fully saturated rings. The van der Waals surface area contributed by atoms with E-state index < -0.39 is 18.3 Å². The molecule has 1 aliphatic heterocycles. The molecule has 3 heterocycles. The van der Waals surface area contributed by atoms with Crippen LogP contribution in [0.1, 0.15) is 25.3 Å². The molecule has 146 valence electrons. The van der Waals surface area contributed by atoms with E-state index in [2.05, 4.69) is 25.6 Å². The van der Waals surface area contributed by atoms with Gasteiger partial charge in [-0.3, -0.25) is 0 Å². The average Bonchev–Trinajstić information content (AvgIpc) is 3.30. The van der Waals surface area contributed by atoms with E-state index in [4.69, 9.17) is 0 Å². The number of imidazole rings is 1. The number of rotatable bonds is 4. The zero-order valence-corrected chi connectivity index (χ0v) is 15.7. The Morgan fingerprint density at radius 3 is 2.73 bits per heavy atom. The molecule has 1 aliphatic carbocycles. The Labute approximate surface area is 163 Å². The normalized spacial score (nSPS) is 30.8. The van der Waals surface area contributed by atoms with Gasteiger partial charge in [0.1, 0.15) is 23.5 Å². The van der Waals surface area contributed by atoms with Crippen LogP contribution in [-0.4, -0.2) is 72.3 Å². The van der Waals surface area contributed by atoms with Gasteiger partial charge in [-0.2, -0.15) is 0 Å². The molecule has 0 radical (unpaired) electrons. The van der Waals surface area contributed by atoms with Gasteiger partial charge in [0.2, 0.25) is 0 Å². The number of aliphatic hydroxyl groups is 3. The molecule has 9 nitrogen and oxygen atoms in total. The van der Waals surface area contributed by atoms with E-state index in [1.165, 1.54) is 6.33 Å². The lowest BCUT2D eigenvalue weighted by Crippen LogP contribution is -2.43. The van der Waals surface area contributed by atoms with Crippen LogP contribution in [0.4, 0.5) is 5.82 Å². The van der Waals surface area contributed by atoms with Crippen LogP contribution in [0.3, 0.4) is 0 Å². The highest BCUT2D eigenvalue weighted by Gasteiger charge is 2.47. The van der Waals surface area contributed by atoms with Crippen LogP contribution in [0.2, 0.25) is 0 Å². The molecule has 2 aromatic heterocycles. The lowest BCUT2D eigenvalue weighted by atomic mass is 10.0. The number of aromatic nitrogens is 4. The van der Waals surface area contributed by atoms with Gasteiger partial charge in [0.05, 0.1) is 19.0 Å². The minimum atomic E-state index is -1.47. The molecule has 0 bridgehead atoms. The van der Waals surface area contributed by atoms with Crippen molar-refractivity contribution in [3.05, 3.63) is 12.7 Å². The highest BCUT2D eigenvalue weighted by atomic mass is 35.5. The van der Waals surface area contributed by atoms with Gasteiger partial charge in [0.15, 0.2) is 11.5 Å². The SMILES string of the molecule is Cl.Cl.OCC1(O)CCC(n2cnc3c(N[C@H]4CCNC4)ncnc32)C1O. The molecule has 0 spiro atoms. The largest absolute Gasteiger partial charge is 0.393 e. The summed E-state index contributed by atoms with van der Waals surface area (Å²) < 4.78 is 1.77. The van der Waals surface area contributed by atoms with Gasteiger partial charge in [-0.15, -0.1) is 24.8 Å². The van der Waals surface area contributed by atoms with E-state index in [1.807, 2.05) is 0 Å². The molecule has 4 atom stereocenters. The third-order valence-corrected chi connectivity index (χ3v) is 5.18. The quantitative estimate of drug-likeness (QED) is 0.474. The van der Waals surface area contributed by atoms with E-state index in [-0.39, 0.29) is 30.9 Å². The van der Waals surface area contributed by atoms with Crippen molar-refractivity contribution in [2.45, 2.75) is 43.1 Å². The fraction of sp³-hybridized carbons (Fsp3) is 0.667. The molecule has 26 heavy (non-hydrogen) atoms. The first-order valence-corrected chi connectivity index (χ1v) is 8.28. The second-order valence-corrected chi connectivity index (χ2v) is 6.69. The van der Waals surface area contributed by atoms with Gasteiger partial charge in [0.25, 0.3) is 0 Å². The molecule has 1 saturated heterocycles. The Balaban J connectivity index is 0.00000121. The first-order chi connectivity index (χ1) is 11.6. The van der Waals surface area contributed by atoms with Crippen LogP contribution in [0.5, 0.6) is 0 Å². The first-order valence-electron chi connectivity index (χ1n) is 8.28. The minimum absolute atomic E-state index is 0. The van der Waals surface area contributed by atoms with Crippen LogP contribution < -0.4 is 10.6 Å². The summed E-state index contributed by atoms with van der Waals surface area (Å²) in [7, 11) is 0. The van der Waals surface area contributed by atoms with Crippen molar-refractivity contribution in [1.82, 2.24) is 24.8 Å². The van der Waals surface area contributed by atoms with Crippen LogP contribution in [0, 0.1) is 0 Å². The molecular formula is C15H24Cl2N6O3. The number of halogens is 2. The summed E-state index contributed by atoms with van der Waals surface area (Å²) in [5, 5.41) is 36.7. The summed E-state index contributed by atoms with van der Waals surface area (Å²) in [6, 6.07) is -0.0622. The second-order valence-electron chi connectivity index (χ2n) is 6.69. The van der Waals surface area contributed by atoms with Crippen LogP contribution in [0.15, 0.2) is 12.7 Å². The highest BCUT2D eigenvalue weighted by molar-refractivity contribution is 5.85. The van der Waals surface area contributed by atoms with Gasteiger partial charge in [0, 0.05) is 12.6 Å². The number of nitrogens with one attached hydrogen (secondary N) is 2. The predicted molar refractivity (Wildman–Crippen MR) is 101 cm³/mol. The van der Waals surface area contributed by atoms with Crippen LogP contribution >= 0.6 is 24.8 Å². The standard InChI is InChI=1S/C15H22N6O3.2ClH/c22-6-15(24)3-1-10(12(15)23)21-8-19-11-13(17-7-18-14(11)21)20-9-2-4-16-5-9;;/h7-10,12,16,22-24H,1-6H2,(H,17,18,20);2*1H/t9-,10?,12?,15?;;/m0../s1. The number of aliphatic hydroxyl groups excluding tert-OH is 2. The van der Waals surface area contributed by atoms with Gasteiger partial charge < -0.3 is 30.5 Å². The molecule has 3 unspecified atom stereocenters. The summed E-state index contributed by atoms with van der Waals surface area (Å²) in [5.41, 5.74) is -0.203. The Kier molecular flexibility index (Phi) is 6.65. The van der Waals surface area contributed by atoms with Crippen LogP contribution in [-0.2, 0) is 0 Å². The number of nitrogens with zero attached hydrogens (tertiary/aromatic N) is 4. The molecule has 0 aromatic carbocycles. The van der Waals surface area contributed by atoms with E-state index in [0.29, 0.717) is 35.9 Å². The van der Waals surface area contributed by atoms with Crippen molar-refractivity contribution < 1.29 is 15.3 Å². The monoisotopic (exact) mass is 406 g/mol. The predicted octanol–water partition coefficient (Wildman–Crippen LogP) is -0.137. The number of fused-ring (bicyclic) bond motifs is 1. The average molecular weight is 407 g/mol. The Morgan fingerprint density at radius 2 is 2.08 bits per heavy atom. The van der Waals surface area contributed by atoms with Gasteiger partial charge in [-0.05, 0) is 25.8 Å². The minimum Gasteiger partial charge on any atom is -0.393 e. The van der Waals surface area contributed by atoms with Crippen LogP contribution in [0.25, 0.3) is 11.2 Å². The van der Waals surface area contributed by atoms with Crippen molar-refractivity contribution in [2.24, 2.45) is 0 Å². The Morgan fingerprint density at radius 1 is 1.27 bits per heavy atom. The zero-order chi connectivity index (χ0) is 16.7. The maximum absolute atomic E-state index is 10.4. The fourth-order valence-electron chi connectivity index (χ4n) is 3.70. The summed E-state index contributed by atoms with van der Waals surface area (Å²) in [6.07, 6.45) is 3.93. The summed E-state index contributed by atoms with van der Waals surface area (Å²) in [5.74, 6) is 0.678. The topological polar surface area (TPSA) is 128 Å². The first kappa shape index (κ1) is 21.1. The highest BCUT2D eigenvalue weighted by Crippen LogP contribution is 2.39. The lowest BCUT2D eigenvalue weighted by Gasteiger charge is -2.27. The number of anilines is 1. The third-order valence-electron chi connectivity index (χ3n) is 5.18. The molecule has 4 rings (SSSR count). The van der Waals surface area contributed by atoms with E-state index in [9.17, 15) is 15.3 Å². The second kappa shape index (κ2) is 8.20. The molecule has 11 heteroatoms. The maximum atomic E-state index is 10.4. The van der Waals surface area contributed by atoms with E-state index in [1.54, 1.807) is 10.9 Å². The molecule has 2 aliphatic rings. The van der Waals surface area contributed by atoms with Crippen molar-refractivity contribution in [1.29, 1.82) is 0 Å². The molecule has 1 saturated carbocycles. The van der Waals surface area contributed by atoms with Crippen molar-refractivity contribution in [3.63, 3.8) is 0 Å². The number of hydrogen-bond donors (Lipinski definition) is 5. The molecule has 0 amide bonds. The smallest absolute Gasteiger partial charge is 0.165 e. The van der Waals surface area contributed by atoms with E-state index >= 15 is 0 Å². The van der Waals surface area contributed by atoms with E-state index in [0.717, 1.165) is 19.5 Å². The molecule has 2 aromatic rings. The summed E-state index contributed by atoms with van der Waals surface area (Å²) >= 11 is 0. The summed E-state index contributed by atoms with van der Waals surface area (Å²) in [4.78, 5) is 13.0. The zero-order valence-electron chi connectivity index (χ0n) is 14.1. The fourth-order valence-corrected chi connectivity index (χ4v) is 3.70. The maximum Gasteiger partial charge on any atom is 0.165 e.